The molecule has 0 aliphatic rings. The van der Waals surface area contributed by atoms with Gasteiger partial charge in [0, 0.05) is 13.1 Å². The molecule has 0 spiro atoms. The zero-order valence-corrected chi connectivity index (χ0v) is 11.6. The number of hydrogen-bond donors (Lipinski definition) is 1. The van der Waals surface area contributed by atoms with Gasteiger partial charge in [0.25, 0.3) is 0 Å². The lowest BCUT2D eigenvalue weighted by Crippen LogP contribution is -2.26. The molecule has 0 saturated carbocycles. The number of fused-ring (bicyclic) bond motifs is 1. The van der Waals surface area contributed by atoms with E-state index in [0.29, 0.717) is 6.04 Å². The van der Waals surface area contributed by atoms with Gasteiger partial charge in [0.1, 0.15) is 5.82 Å². The highest BCUT2D eigenvalue weighted by molar-refractivity contribution is 5.75. The number of aryl methyl sites for hydroxylation is 1. The number of unbranched alkanes of at least 4 members (excludes halogenated alkanes) is 1. The molecule has 0 bridgehead atoms. The predicted molar refractivity (Wildman–Crippen MR) is 76.5 cm³/mol. The van der Waals surface area contributed by atoms with Crippen LogP contribution in [0, 0.1) is 0 Å². The molecule has 18 heavy (non-hydrogen) atoms. The quantitative estimate of drug-likeness (QED) is 0.846. The molecule has 98 valence electrons. The Hall–Kier alpha value is -1.35. The number of aromatic nitrogens is 2. The summed E-state index contributed by atoms with van der Waals surface area (Å²) < 4.78 is 2.18. The van der Waals surface area contributed by atoms with Gasteiger partial charge in [-0.3, -0.25) is 0 Å². The lowest BCUT2D eigenvalue weighted by molar-refractivity contribution is 0.483. The molecule has 0 aliphatic carbocycles. The Morgan fingerprint density at radius 1 is 1.33 bits per heavy atom. The second kappa shape index (κ2) is 6.01. The fourth-order valence-corrected chi connectivity index (χ4v) is 2.23. The monoisotopic (exact) mass is 245 g/mol. The number of hydrogen-bond acceptors (Lipinski definition) is 2. The lowest BCUT2D eigenvalue weighted by atomic mass is 10.1. The average Bonchev–Trinajstić information content (AvgIpc) is 2.71. The Labute approximate surface area is 109 Å². The molecule has 3 nitrogen and oxygen atoms in total. The number of benzene rings is 1. The fourth-order valence-electron chi connectivity index (χ4n) is 2.23. The summed E-state index contributed by atoms with van der Waals surface area (Å²) in [7, 11) is 2.09. The van der Waals surface area contributed by atoms with Gasteiger partial charge in [0.2, 0.25) is 0 Å². The van der Waals surface area contributed by atoms with E-state index < -0.39 is 0 Å². The molecule has 1 atom stereocenters. The minimum atomic E-state index is 0.560. The Bertz CT molecular complexity index is 501. The standard InChI is InChI=1S/C15H23N3/c1-4-5-8-12(2)16-11-15-17-13-9-6-7-10-14(13)18(15)3/h6-7,9-10,12,16H,4-5,8,11H2,1-3H3. The zero-order valence-electron chi connectivity index (χ0n) is 11.6. The first-order valence-electron chi connectivity index (χ1n) is 6.86. The van der Waals surface area contributed by atoms with Crippen molar-refractivity contribution in [3.05, 3.63) is 30.1 Å². The zero-order chi connectivity index (χ0) is 13.0. The molecule has 0 radical (unpaired) electrons. The number of para-hydroxylation sites is 2. The van der Waals surface area contributed by atoms with E-state index in [-0.39, 0.29) is 0 Å². The topological polar surface area (TPSA) is 29.9 Å². The fraction of sp³-hybridized carbons (Fsp3) is 0.533. The second-order valence-corrected chi connectivity index (χ2v) is 5.00. The Balaban J connectivity index is 2.01. The highest BCUT2D eigenvalue weighted by atomic mass is 15.1. The van der Waals surface area contributed by atoms with Gasteiger partial charge in [-0.1, -0.05) is 31.9 Å². The average molecular weight is 245 g/mol. The summed E-state index contributed by atoms with van der Waals surface area (Å²) in [6.07, 6.45) is 3.79. The highest BCUT2D eigenvalue weighted by Gasteiger charge is 2.08. The molecule has 0 aliphatic heterocycles. The summed E-state index contributed by atoms with van der Waals surface area (Å²) >= 11 is 0. The first-order valence-corrected chi connectivity index (χ1v) is 6.86. The Kier molecular flexibility index (Phi) is 4.37. The summed E-state index contributed by atoms with van der Waals surface area (Å²) in [5.74, 6) is 1.11. The normalized spacial score (nSPS) is 13.1. The summed E-state index contributed by atoms with van der Waals surface area (Å²) in [4.78, 5) is 4.66. The molecule has 3 heteroatoms. The molecule has 1 unspecified atom stereocenters. The van der Waals surface area contributed by atoms with E-state index in [1.54, 1.807) is 0 Å². The van der Waals surface area contributed by atoms with Crippen LogP contribution in [-0.4, -0.2) is 15.6 Å². The smallest absolute Gasteiger partial charge is 0.123 e. The minimum Gasteiger partial charge on any atom is -0.330 e. The van der Waals surface area contributed by atoms with E-state index in [2.05, 4.69) is 54.0 Å². The van der Waals surface area contributed by atoms with E-state index in [4.69, 9.17) is 0 Å². The minimum absolute atomic E-state index is 0.560. The maximum atomic E-state index is 4.66. The predicted octanol–water partition coefficient (Wildman–Crippen LogP) is 3.24. The van der Waals surface area contributed by atoms with Crippen LogP contribution in [0.5, 0.6) is 0 Å². The maximum absolute atomic E-state index is 4.66. The molecule has 0 saturated heterocycles. The van der Waals surface area contributed by atoms with Crippen molar-refractivity contribution >= 4 is 11.0 Å². The largest absolute Gasteiger partial charge is 0.330 e. The summed E-state index contributed by atoms with van der Waals surface area (Å²) in [5, 5.41) is 3.55. The first-order chi connectivity index (χ1) is 8.72. The molecular formula is C15H23N3. The van der Waals surface area contributed by atoms with E-state index in [1.807, 2.05) is 6.07 Å². The maximum Gasteiger partial charge on any atom is 0.123 e. The van der Waals surface area contributed by atoms with Gasteiger partial charge in [0.15, 0.2) is 0 Å². The number of nitrogens with zero attached hydrogens (tertiary/aromatic N) is 2. The van der Waals surface area contributed by atoms with Crippen LogP contribution in [0.1, 0.15) is 38.9 Å². The van der Waals surface area contributed by atoms with Crippen LogP contribution < -0.4 is 5.32 Å². The van der Waals surface area contributed by atoms with Crippen molar-refractivity contribution in [3.8, 4) is 0 Å². The summed E-state index contributed by atoms with van der Waals surface area (Å²) in [5.41, 5.74) is 2.29. The van der Waals surface area contributed by atoms with Crippen LogP contribution in [0.15, 0.2) is 24.3 Å². The molecule has 0 fully saturated rings. The highest BCUT2D eigenvalue weighted by Crippen LogP contribution is 2.14. The molecule has 1 heterocycles. The van der Waals surface area contributed by atoms with Crippen LogP contribution >= 0.6 is 0 Å². The van der Waals surface area contributed by atoms with Gasteiger partial charge in [-0.15, -0.1) is 0 Å². The van der Waals surface area contributed by atoms with Crippen molar-refractivity contribution in [2.24, 2.45) is 7.05 Å². The van der Waals surface area contributed by atoms with Crippen LogP contribution in [0.2, 0.25) is 0 Å². The van der Waals surface area contributed by atoms with Crippen molar-refractivity contribution < 1.29 is 0 Å². The van der Waals surface area contributed by atoms with Gasteiger partial charge in [-0.25, -0.2) is 4.98 Å². The van der Waals surface area contributed by atoms with Crippen molar-refractivity contribution in [2.75, 3.05) is 0 Å². The van der Waals surface area contributed by atoms with E-state index in [9.17, 15) is 0 Å². The van der Waals surface area contributed by atoms with Crippen LogP contribution in [0.3, 0.4) is 0 Å². The molecule has 2 rings (SSSR count). The van der Waals surface area contributed by atoms with Crippen molar-refractivity contribution in [1.29, 1.82) is 0 Å². The van der Waals surface area contributed by atoms with E-state index in [1.165, 1.54) is 24.8 Å². The first kappa shape index (κ1) is 13.1. The molecule has 2 aromatic rings. The number of rotatable bonds is 6. The third-order valence-electron chi connectivity index (χ3n) is 3.48. The van der Waals surface area contributed by atoms with Gasteiger partial charge >= 0.3 is 0 Å². The van der Waals surface area contributed by atoms with Gasteiger partial charge in [-0.05, 0) is 25.5 Å². The number of nitrogens with one attached hydrogen (secondary N) is 1. The molecular weight excluding hydrogens is 222 g/mol. The van der Waals surface area contributed by atoms with Gasteiger partial charge < -0.3 is 9.88 Å². The van der Waals surface area contributed by atoms with Crippen molar-refractivity contribution in [3.63, 3.8) is 0 Å². The van der Waals surface area contributed by atoms with Crippen LogP contribution in [0.25, 0.3) is 11.0 Å². The Morgan fingerprint density at radius 2 is 2.11 bits per heavy atom. The van der Waals surface area contributed by atoms with Gasteiger partial charge in [0.05, 0.1) is 17.6 Å². The second-order valence-electron chi connectivity index (χ2n) is 5.00. The Morgan fingerprint density at radius 3 is 2.83 bits per heavy atom. The molecule has 1 aromatic carbocycles. The molecule has 0 amide bonds. The SMILES string of the molecule is CCCCC(C)NCc1nc2ccccc2n1C. The summed E-state index contributed by atoms with van der Waals surface area (Å²) in [6.45, 7) is 5.33. The third-order valence-corrected chi connectivity index (χ3v) is 3.48. The van der Waals surface area contributed by atoms with Crippen molar-refractivity contribution in [1.82, 2.24) is 14.9 Å². The lowest BCUT2D eigenvalue weighted by Gasteiger charge is -2.12. The van der Waals surface area contributed by atoms with E-state index >= 15 is 0 Å². The molecule has 1 N–H and O–H groups in total. The van der Waals surface area contributed by atoms with Gasteiger partial charge in [-0.2, -0.15) is 0 Å². The third kappa shape index (κ3) is 2.91. The van der Waals surface area contributed by atoms with Crippen molar-refractivity contribution in [2.45, 2.75) is 45.7 Å². The molecule has 1 aromatic heterocycles. The number of imidazole rings is 1. The van der Waals surface area contributed by atoms with Crippen LogP contribution in [0.4, 0.5) is 0 Å². The summed E-state index contributed by atoms with van der Waals surface area (Å²) in [6, 6.07) is 8.84. The van der Waals surface area contributed by atoms with Crippen LogP contribution in [-0.2, 0) is 13.6 Å². The van der Waals surface area contributed by atoms with E-state index in [0.717, 1.165) is 17.9 Å².